The van der Waals surface area contributed by atoms with E-state index >= 15 is 0 Å². The van der Waals surface area contributed by atoms with Crippen LogP contribution in [0.4, 0.5) is 0 Å². The monoisotopic (exact) mass is 308 g/mol. The lowest BCUT2D eigenvalue weighted by Crippen LogP contribution is -2.60. The summed E-state index contributed by atoms with van der Waals surface area (Å²) in [6.45, 7) is 19.2. The Hall–Kier alpha value is -0.600. The van der Waals surface area contributed by atoms with Crippen molar-refractivity contribution < 1.29 is 0 Å². The summed E-state index contributed by atoms with van der Waals surface area (Å²) in [6.07, 6.45) is 13.2. The molecule has 0 amide bonds. The molecule has 0 rings (SSSR count). The first-order valence-electron chi connectivity index (χ1n) is 9.22. The van der Waals surface area contributed by atoms with Gasteiger partial charge in [-0.15, -0.1) is 13.2 Å². The van der Waals surface area contributed by atoms with Crippen LogP contribution in [0.15, 0.2) is 25.3 Å². The zero-order chi connectivity index (χ0) is 17.0. The van der Waals surface area contributed by atoms with Crippen molar-refractivity contribution in [3.63, 3.8) is 0 Å². The van der Waals surface area contributed by atoms with Gasteiger partial charge >= 0.3 is 0 Å². The minimum absolute atomic E-state index is 0.234. The van der Waals surface area contributed by atoms with Crippen molar-refractivity contribution in [3.8, 4) is 0 Å². The van der Waals surface area contributed by atoms with Gasteiger partial charge in [-0.1, -0.05) is 71.4 Å². The molecular weight excluding hydrogens is 268 g/mol. The van der Waals surface area contributed by atoms with E-state index in [1.165, 1.54) is 38.5 Å². The van der Waals surface area contributed by atoms with Crippen molar-refractivity contribution in [2.75, 3.05) is 0 Å². The van der Waals surface area contributed by atoms with Crippen LogP contribution < -0.4 is 10.6 Å². The minimum atomic E-state index is -0.234. The molecule has 2 nitrogen and oxygen atoms in total. The fourth-order valence-corrected chi connectivity index (χ4v) is 3.08. The molecule has 1 unspecified atom stereocenters. The van der Waals surface area contributed by atoms with Gasteiger partial charge in [0.05, 0.1) is 5.54 Å². The summed E-state index contributed by atoms with van der Waals surface area (Å²) in [5, 5.41) is 7.39. The van der Waals surface area contributed by atoms with Gasteiger partial charge in [-0.3, -0.25) is 0 Å². The van der Waals surface area contributed by atoms with Crippen molar-refractivity contribution >= 4 is 0 Å². The van der Waals surface area contributed by atoms with Crippen LogP contribution in [0.25, 0.3) is 0 Å². The highest BCUT2D eigenvalue weighted by atomic mass is 15.1. The quantitative estimate of drug-likeness (QED) is 0.340. The average Bonchev–Trinajstić information content (AvgIpc) is 2.46. The number of rotatable bonds is 14. The Morgan fingerprint density at radius 2 is 1.41 bits per heavy atom. The molecule has 0 aliphatic rings. The Morgan fingerprint density at radius 1 is 0.864 bits per heavy atom. The average molecular weight is 309 g/mol. The molecule has 0 aliphatic carbocycles. The second-order valence-corrected chi connectivity index (χ2v) is 7.07. The predicted octanol–water partition coefficient (Wildman–Crippen LogP) is 5.21. The summed E-state index contributed by atoms with van der Waals surface area (Å²) < 4.78 is 0. The van der Waals surface area contributed by atoms with Crippen LogP contribution in [0.3, 0.4) is 0 Å². The van der Waals surface area contributed by atoms with E-state index in [4.69, 9.17) is 0 Å². The van der Waals surface area contributed by atoms with E-state index in [-0.39, 0.29) is 5.54 Å². The standard InChI is InChI=1S/C20H40N2/c1-8-11-12-13-14-15-16-19(21-17(4)5)20(9-2,10-3)22-18(6)7/h9-10,17-19,21-22H,2-3,8,11-16H2,1,4-7H3. The zero-order valence-electron chi connectivity index (χ0n) is 15.8. The molecule has 22 heavy (non-hydrogen) atoms. The van der Waals surface area contributed by atoms with Crippen molar-refractivity contribution in [1.82, 2.24) is 10.6 Å². The van der Waals surface area contributed by atoms with Crippen molar-refractivity contribution in [2.24, 2.45) is 0 Å². The molecule has 0 aliphatic heterocycles. The zero-order valence-corrected chi connectivity index (χ0v) is 15.8. The van der Waals surface area contributed by atoms with E-state index in [1.54, 1.807) is 0 Å². The third kappa shape index (κ3) is 8.14. The summed E-state index contributed by atoms with van der Waals surface area (Å²) in [5.74, 6) is 0. The van der Waals surface area contributed by atoms with E-state index in [2.05, 4.69) is 58.4 Å². The lowest BCUT2D eigenvalue weighted by Gasteiger charge is -2.40. The van der Waals surface area contributed by atoms with Gasteiger partial charge in [-0.05, 0) is 20.3 Å². The Balaban J connectivity index is 4.69. The smallest absolute Gasteiger partial charge is 0.0702 e. The van der Waals surface area contributed by atoms with E-state index in [0.29, 0.717) is 18.1 Å². The molecule has 0 saturated carbocycles. The van der Waals surface area contributed by atoms with Gasteiger partial charge in [0.15, 0.2) is 0 Å². The number of hydrogen-bond donors (Lipinski definition) is 2. The van der Waals surface area contributed by atoms with E-state index < -0.39 is 0 Å². The molecule has 130 valence electrons. The van der Waals surface area contributed by atoms with E-state index in [9.17, 15) is 0 Å². The molecule has 1 atom stereocenters. The lowest BCUT2D eigenvalue weighted by atomic mass is 9.85. The molecule has 0 aromatic carbocycles. The highest BCUT2D eigenvalue weighted by Gasteiger charge is 2.33. The predicted molar refractivity (Wildman–Crippen MR) is 101 cm³/mol. The Labute approximate surface area is 139 Å². The van der Waals surface area contributed by atoms with Gasteiger partial charge in [0, 0.05) is 18.1 Å². The molecule has 2 N–H and O–H groups in total. The maximum absolute atomic E-state index is 4.08. The minimum Gasteiger partial charge on any atom is -0.309 e. The molecular formula is C20H40N2. The number of unbranched alkanes of at least 4 members (excludes halogenated alkanes) is 5. The van der Waals surface area contributed by atoms with Crippen molar-refractivity contribution in [2.45, 2.75) is 103 Å². The van der Waals surface area contributed by atoms with E-state index in [1.807, 2.05) is 12.2 Å². The number of hydrogen-bond acceptors (Lipinski definition) is 2. The maximum Gasteiger partial charge on any atom is 0.0702 e. The number of nitrogens with one attached hydrogen (secondary N) is 2. The third-order valence-electron chi connectivity index (χ3n) is 4.17. The van der Waals surface area contributed by atoms with Crippen LogP contribution in [0, 0.1) is 0 Å². The summed E-state index contributed by atoms with van der Waals surface area (Å²) in [4.78, 5) is 0. The topological polar surface area (TPSA) is 24.1 Å². The maximum atomic E-state index is 4.08. The SMILES string of the molecule is C=CC(C=C)(NC(C)C)C(CCCCCCCC)NC(C)C. The Kier molecular flexibility index (Phi) is 11.6. The third-order valence-corrected chi connectivity index (χ3v) is 4.17. The second kappa shape index (κ2) is 11.9. The normalized spacial score (nSPS) is 13.6. The molecule has 2 heteroatoms. The molecule has 0 aromatic heterocycles. The van der Waals surface area contributed by atoms with Gasteiger partial charge in [-0.2, -0.15) is 0 Å². The van der Waals surface area contributed by atoms with Gasteiger partial charge in [0.1, 0.15) is 0 Å². The second-order valence-electron chi connectivity index (χ2n) is 7.07. The van der Waals surface area contributed by atoms with Crippen LogP contribution in [0.2, 0.25) is 0 Å². The van der Waals surface area contributed by atoms with Gasteiger partial charge in [-0.25, -0.2) is 0 Å². The van der Waals surface area contributed by atoms with Crippen LogP contribution in [0.5, 0.6) is 0 Å². The summed E-state index contributed by atoms with van der Waals surface area (Å²) >= 11 is 0. The van der Waals surface area contributed by atoms with Gasteiger partial charge < -0.3 is 10.6 Å². The first-order chi connectivity index (χ1) is 10.4. The van der Waals surface area contributed by atoms with Crippen molar-refractivity contribution in [3.05, 3.63) is 25.3 Å². The van der Waals surface area contributed by atoms with E-state index in [0.717, 1.165) is 6.42 Å². The van der Waals surface area contributed by atoms with Crippen LogP contribution >= 0.6 is 0 Å². The Morgan fingerprint density at radius 3 is 1.86 bits per heavy atom. The molecule has 0 saturated heterocycles. The molecule has 0 spiro atoms. The molecule has 0 heterocycles. The fraction of sp³-hybridized carbons (Fsp3) is 0.800. The molecule has 0 radical (unpaired) electrons. The summed E-state index contributed by atoms with van der Waals surface area (Å²) in [5.41, 5.74) is -0.234. The first kappa shape index (κ1) is 21.4. The lowest BCUT2D eigenvalue weighted by molar-refractivity contribution is 0.286. The summed E-state index contributed by atoms with van der Waals surface area (Å²) in [7, 11) is 0. The fourth-order valence-electron chi connectivity index (χ4n) is 3.08. The van der Waals surface area contributed by atoms with Crippen LogP contribution in [0.1, 0.15) is 79.6 Å². The van der Waals surface area contributed by atoms with Gasteiger partial charge in [0.2, 0.25) is 0 Å². The van der Waals surface area contributed by atoms with Crippen LogP contribution in [-0.2, 0) is 0 Å². The largest absolute Gasteiger partial charge is 0.309 e. The van der Waals surface area contributed by atoms with Gasteiger partial charge in [0.25, 0.3) is 0 Å². The Bertz CT molecular complexity index is 286. The highest BCUT2D eigenvalue weighted by Crippen LogP contribution is 2.21. The first-order valence-corrected chi connectivity index (χ1v) is 9.22. The molecule has 0 aromatic rings. The molecule has 0 fully saturated rings. The molecule has 0 bridgehead atoms. The van der Waals surface area contributed by atoms with Crippen molar-refractivity contribution in [1.29, 1.82) is 0 Å². The van der Waals surface area contributed by atoms with Crippen LogP contribution in [-0.4, -0.2) is 23.7 Å². The highest BCUT2D eigenvalue weighted by molar-refractivity contribution is 5.21. The summed E-state index contributed by atoms with van der Waals surface area (Å²) in [6, 6.07) is 1.20.